The molecule has 2 saturated heterocycles. The highest BCUT2D eigenvalue weighted by molar-refractivity contribution is 6.07. The lowest BCUT2D eigenvalue weighted by Gasteiger charge is -2.24. The van der Waals surface area contributed by atoms with Gasteiger partial charge in [-0.05, 0) is 56.0 Å². The number of anilines is 3. The van der Waals surface area contributed by atoms with E-state index in [1.165, 1.54) is 0 Å². The van der Waals surface area contributed by atoms with Gasteiger partial charge in [-0.15, -0.1) is 0 Å². The van der Waals surface area contributed by atoms with Crippen LogP contribution in [0.5, 0.6) is 0 Å². The predicted octanol–water partition coefficient (Wildman–Crippen LogP) is 4.68. The second-order valence-corrected chi connectivity index (χ2v) is 11.9. The minimum Gasteiger partial charge on any atom is -0.345 e. The molecular weight excluding hydrogens is 528 g/mol. The van der Waals surface area contributed by atoms with E-state index in [0.717, 1.165) is 46.5 Å². The molecule has 214 valence electrons. The molecule has 1 aromatic carbocycles. The van der Waals surface area contributed by atoms with Gasteiger partial charge in [-0.3, -0.25) is 9.59 Å². The topological polar surface area (TPSA) is 130 Å². The van der Waals surface area contributed by atoms with Gasteiger partial charge in [-0.25, -0.2) is 9.97 Å². The number of benzene rings is 1. The van der Waals surface area contributed by atoms with Crippen LogP contribution in [0, 0.1) is 11.3 Å². The number of aromatic nitrogens is 3. The van der Waals surface area contributed by atoms with Crippen molar-refractivity contribution < 1.29 is 9.59 Å². The summed E-state index contributed by atoms with van der Waals surface area (Å²) in [6.07, 6.45) is 6.08. The maximum absolute atomic E-state index is 13.2. The van der Waals surface area contributed by atoms with Crippen molar-refractivity contribution in [3.8, 4) is 28.5 Å². The maximum Gasteiger partial charge on any atom is 0.254 e. The zero-order valence-corrected chi connectivity index (χ0v) is 24.2. The van der Waals surface area contributed by atoms with Gasteiger partial charge in [-0.1, -0.05) is 24.3 Å². The summed E-state index contributed by atoms with van der Waals surface area (Å²) in [5, 5.41) is 16.3. The third-order valence-electron chi connectivity index (χ3n) is 8.26. The number of hydrogen-bond acceptors (Lipinski definition) is 7. The predicted molar refractivity (Wildman–Crippen MR) is 162 cm³/mol. The van der Waals surface area contributed by atoms with Crippen LogP contribution in [0.3, 0.4) is 0 Å². The largest absolute Gasteiger partial charge is 0.345 e. The summed E-state index contributed by atoms with van der Waals surface area (Å²) in [7, 11) is 3.46. The van der Waals surface area contributed by atoms with Crippen LogP contribution < -0.4 is 15.5 Å². The number of aromatic amines is 1. The molecule has 2 atom stereocenters. The summed E-state index contributed by atoms with van der Waals surface area (Å²) < 4.78 is 0. The van der Waals surface area contributed by atoms with Crippen molar-refractivity contribution in [1.29, 1.82) is 5.26 Å². The van der Waals surface area contributed by atoms with Crippen LogP contribution in [0.2, 0.25) is 0 Å². The minimum atomic E-state index is -0.623. The Bertz CT molecular complexity index is 1650. The van der Waals surface area contributed by atoms with E-state index >= 15 is 0 Å². The van der Waals surface area contributed by atoms with E-state index in [0.29, 0.717) is 36.3 Å². The van der Waals surface area contributed by atoms with Crippen LogP contribution in [0.15, 0.2) is 54.9 Å². The number of amides is 2. The Morgan fingerprint density at radius 1 is 1.07 bits per heavy atom. The number of H-pyrrole nitrogens is 1. The van der Waals surface area contributed by atoms with E-state index in [9.17, 15) is 14.9 Å². The lowest BCUT2D eigenvalue weighted by Crippen LogP contribution is -2.37. The van der Waals surface area contributed by atoms with E-state index in [2.05, 4.69) is 31.7 Å². The molecule has 1 aliphatic carbocycles. The second-order valence-electron chi connectivity index (χ2n) is 11.9. The standard InChI is InChI=1S/C32H34N8O2/c1-32(2,18-33)21-7-5-19(6-8-21)28-25(30(42)39(3)4)13-20-15-35-31(38-29(20)28)37-26-12-11-24(16-34-26)40-17-23-10-9-22(36-23)14-27(40)41/h5-8,11-13,15-16,22-23,36H,9-10,14,17H2,1-4H3,(H2,34,35,37,38). The zero-order valence-electron chi connectivity index (χ0n) is 24.2. The van der Waals surface area contributed by atoms with Crippen LogP contribution in [-0.4, -0.2) is 64.4 Å². The van der Waals surface area contributed by atoms with Gasteiger partial charge < -0.3 is 25.4 Å². The van der Waals surface area contributed by atoms with Crippen LogP contribution in [0.1, 0.15) is 49.0 Å². The van der Waals surface area contributed by atoms with E-state index in [1.54, 1.807) is 31.4 Å². The number of fused-ring (bicyclic) bond motifs is 3. The number of rotatable bonds is 6. The Labute approximate surface area is 245 Å². The first-order chi connectivity index (χ1) is 20.1. The van der Waals surface area contributed by atoms with Crippen LogP contribution in [0.4, 0.5) is 17.5 Å². The summed E-state index contributed by atoms with van der Waals surface area (Å²) in [4.78, 5) is 41.9. The second kappa shape index (κ2) is 10.6. The lowest BCUT2D eigenvalue weighted by atomic mass is 9.85. The summed E-state index contributed by atoms with van der Waals surface area (Å²) >= 11 is 0. The molecule has 42 heavy (non-hydrogen) atoms. The van der Waals surface area contributed by atoms with Crippen molar-refractivity contribution >= 4 is 29.3 Å². The van der Waals surface area contributed by atoms with E-state index in [-0.39, 0.29) is 17.9 Å². The Morgan fingerprint density at radius 3 is 2.52 bits per heavy atom. The Morgan fingerprint density at radius 2 is 1.83 bits per heavy atom. The maximum atomic E-state index is 13.2. The fourth-order valence-corrected chi connectivity index (χ4v) is 5.83. The van der Waals surface area contributed by atoms with Crippen molar-refractivity contribution in [3.63, 3.8) is 0 Å². The Balaban J connectivity index is 1.31. The number of nitrogens with zero attached hydrogens (tertiary/aromatic N) is 5. The van der Waals surface area contributed by atoms with Gasteiger partial charge in [0, 0.05) is 56.5 Å². The fraction of sp³-hybridized carbons (Fsp3) is 0.344. The molecule has 2 unspecified atom stereocenters. The molecule has 2 bridgehead atoms. The first-order valence-electron chi connectivity index (χ1n) is 14.2. The zero-order chi connectivity index (χ0) is 29.6. The molecule has 1 aromatic heterocycles. The molecule has 0 spiro atoms. The average Bonchev–Trinajstić information content (AvgIpc) is 3.55. The molecule has 2 aromatic rings. The normalized spacial score (nSPS) is 18.5. The van der Waals surface area contributed by atoms with E-state index < -0.39 is 5.41 Å². The summed E-state index contributed by atoms with van der Waals surface area (Å²) in [5.41, 5.74) is 4.80. The number of nitrogens with one attached hydrogen (secondary N) is 3. The molecule has 10 nitrogen and oxygen atoms in total. The van der Waals surface area contributed by atoms with Crippen molar-refractivity contribution in [2.75, 3.05) is 30.9 Å². The number of nitriles is 1. The molecule has 4 heterocycles. The number of pyridine rings is 1. The Hall–Kier alpha value is -4.75. The van der Waals surface area contributed by atoms with E-state index in [4.69, 9.17) is 0 Å². The van der Waals surface area contributed by atoms with Crippen LogP contribution in [0.25, 0.3) is 22.4 Å². The number of carbonyl (C=O) groups is 2. The highest BCUT2D eigenvalue weighted by Crippen LogP contribution is 2.40. The molecule has 2 fully saturated rings. The molecule has 3 N–H and O–H groups in total. The van der Waals surface area contributed by atoms with Crippen LogP contribution in [-0.2, 0) is 10.2 Å². The number of carbonyl (C=O) groups excluding carboxylic acids is 2. The van der Waals surface area contributed by atoms with Gasteiger partial charge in [0.25, 0.3) is 5.91 Å². The van der Waals surface area contributed by atoms with E-state index in [1.807, 2.05) is 61.2 Å². The van der Waals surface area contributed by atoms with Gasteiger partial charge in [0.2, 0.25) is 11.9 Å². The first kappa shape index (κ1) is 27.4. The third-order valence-corrected chi connectivity index (χ3v) is 8.26. The summed E-state index contributed by atoms with van der Waals surface area (Å²) in [5.74, 6) is 1.04. The third kappa shape index (κ3) is 5.08. The van der Waals surface area contributed by atoms with Crippen LogP contribution >= 0.6 is 0 Å². The lowest BCUT2D eigenvalue weighted by molar-refractivity contribution is -0.118. The SMILES string of the molecule is CN(C)C(=O)c1cc2cnc(Nc3ccc(N4CC5CCC(CC4=O)N5)cn3)[nH]c-2c1-c1ccc(C(C)(C)C#N)cc1. The van der Waals surface area contributed by atoms with Gasteiger partial charge in [0.1, 0.15) is 5.82 Å². The number of hydrogen-bond donors (Lipinski definition) is 3. The summed E-state index contributed by atoms with van der Waals surface area (Å²) in [6, 6.07) is 16.3. The quantitative estimate of drug-likeness (QED) is 0.311. The molecule has 0 radical (unpaired) electrons. The molecule has 2 amide bonds. The molecule has 6 rings (SSSR count). The molecule has 10 heteroatoms. The minimum absolute atomic E-state index is 0.116. The highest BCUT2D eigenvalue weighted by atomic mass is 16.2. The fourth-order valence-electron chi connectivity index (χ4n) is 5.83. The highest BCUT2D eigenvalue weighted by Gasteiger charge is 2.34. The Kier molecular flexibility index (Phi) is 6.91. The van der Waals surface area contributed by atoms with Crippen molar-refractivity contribution in [1.82, 2.24) is 25.2 Å². The average molecular weight is 563 g/mol. The van der Waals surface area contributed by atoms with Gasteiger partial charge in [-0.2, -0.15) is 5.26 Å². The molecule has 4 aliphatic rings. The smallest absolute Gasteiger partial charge is 0.254 e. The summed E-state index contributed by atoms with van der Waals surface area (Å²) in [6.45, 7) is 4.41. The van der Waals surface area contributed by atoms with Gasteiger partial charge >= 0.3 is 0 Å². The molecule has 3 aliphatic heterocycles. The van der Waals surface area contributed by atoms with Crippen molar-refractivity contribution in [3.05, 3.63) is 66.0 Å². The molecule has 0 saturated carbocycles. The van der Waals surface area contributed by atoms with Crippen molar-refractivity contribution in [2.45, 2.75) is 50.6 Å². The van der Waals surface area contributed by atoms with Crippen molar-refractivity contribution in [2.24, 2.45) is 0 Å². The van der Waals surface area contributed by atoms with Gasteiger partial charge in [0.15, 0.2) is 0 Å². The monoisotopic (exact) mass is 562 g/mol. The molecular formula is C32H34N8O2. The van der Waals surface area contributed by atoms with Gasteiger partial charge in [0.05, 0.1) is 34.6 Å². The first-order valence-corrected chi connectivity index (χ1v) is 14.2.